The molecular weight excluding hydrogens is 414 g/mol. The molecule has 1 atom stereocenters. The van der Waals surface area contributed by atoms with Gasteiger partial charge in [-0.15, -0.1) is 0 Å². The Labute approximate surface area is 194 Å². The van der Waals surface area contributed by atoms with Gasteiger partial charge in [-0.25, -0.2) is 0 Å². The molecule has 1 fully saturated rings. The second-order valence-corrected chi connectivity index (χ2v) is 9.32. The van der Waals surface area contributed by atoms with Crippen LogP contribution in [0.15, 0.2) is 48.7 Å². The molecule has 33 heavy (non-hydrogen) atoms. The smallest absolute Gasteiger partial charge is 0.255 e. The molecule has 1 unspecified atom stereocenters. The van der Waals surface area contributed by atoms with Crippen LogP contribution < -0.4 is 10.6 Å². The van der Waals surface area contributed by atoms with E-state index in [0.29, 0.717) is 49.9 Å². The number of amides is 2. The third-order valence-corrected chi connectivity index (χ3v) is 6.95. The highest BCUT2D eigenvalue weighted by molar-refractivity contribution is 6.01. The van der Waals surface area contributed by atoms with Crippen LogP contribution in [0.1, 0.15) is 57.4 Å². The molecule has 2 aromatic rings. The van der Waals surface area contributed by atoms with Crippen LogP contribution in [0.2, 0.25) is 0 Å². The van der Waals surface area contributed by atoms with Crippen molar-refractivity contribution in [1.82, 2.24) is 15.5 Å². The molecule has 3 heterocycles. The molecule has 0 aliphatic carbocycles. The summed E-state index contributed by atoms with van der Waals surface area (Å²) in [5.74, 6) is -0.0271. The molecule has 2 amide bonds. The Morgan fingerprint density at radius 3 is 2.70 bits per heavy atom. The zero-order valence-electron chi connectivity index (χ0n) is 18.8. The number of carbonyl (C=O) groups is 3. The van der Waals surface area contributed by atoms with Gasteiger partial charge in [-0.05, 0) is 66.1 Å². The number of rotatable bonds is 6. The Hall–Kier alpha value is -3.25. The molecule has 2 aromatic carbocycles. The Morgan fingerprint density at radius 2 is 1.85 bits per heavy atom. The number of benzene rings is 2. The van der Waals surface area contributed by atoms with Crippen molar-refractivity contribution in [3.8, 4) is 0 Å². The van der Waals surface area contributed by atoms with Crippen LogP contribution in [-0.4, -0.2) is 35.1 Å². The highest BCUT2D eigenvalue weighted by Gasteiger charge is 2.38. The molecule has 3 aliphatic rings. The molecule has 1 saturated heterocycles. The van der Waals surface area contributed by atoms with E-state index < -0.39 is 6.04 Å². The minimum atomic E-state index is -0.451. The van der Waals surface area contributed by atoms with E-state index in [2.05, 4.69) is 35.4 Å². The van der Waals surface area contributed by atoms with Crippen molar-refractivity contribution < 1.29 is 14.4 Å². The van der Waals surface area contributed by atoms with Crippen molar-refractivity contribution in [2.75, 3.05) is 6.54 Å². The van der Waals surface area contributed by atoms with Gasteiger partial charge in [0.2, 0.25) is 5.91 Å². The second kappa shape index (κ2) is 8.94. The van der Waals surface area contributed by atoms with Crippen molar-refractivity contribution in [2.45, 2.75) is 57.7 Å². The minimum Gasteiger partial charge on any atom is -0.329 e. The Bertz CT molecular complexity index is 1150. The number of aryl methyl sites for hydroxylation is 1. The van der Waals surface area contributed by atoms with Crippen molar-refractivity contribution in [3.05, 3.63) is 82.1 Å². The van der Waals surface area contributed by atoms with Crippen LogP contribution in [-0.2, 0) is 41.9 Å². The first-order valence-electron chi connectivity index (χ1n) is 11.7. The number of nitrogens with zero attached hydrogens (tertiary/aromatic N) is 1. The van der Waals surface area contributed by atoms with Crippen molar-refractivity contribution in [3.63, 3.8) is 0 Å². The van der Waals surface area contributed by atoms with Crippen LogP contribution in [0.25, 0.3) is 0 Å². The monoisotopic (exact) mass is 443 g/mol. The van der Waals surface area contributed by atoms with E-state index in [1.54, 1.807) is 4.90 Å². The fraction of sp³-hybridized carbons (Fsp3) is 0.370. The summed E-state index contributed by atoms with van der Waals surface area (Å²) in [4.78, 5) is 39.5. The highest BCUT2D eigenvalue weighted by atomic mass is 16.2. The van der Waals surface area contributed by atoms with E-state index in [9.17, 15) is 14.4 Å². The molecule has 5 rings (SSSR count). The number of hydrogen-bond acceptors (Lipinski definition) is 4. The first kappa shape index (κ1) is 21.6. The summed E-state index contributed by atoms with van der Waals surface area (Å²) in [5, 5.41) is 6.14. The maximum absolute atomic E-state index is 12.9. The second-order valence-electron chi connectivity index (χ2n) is 9.32. The van der Waals surface area contributed by atoms with Gasteiger partial charge in [0.1, 0.15) is 11.8 Å². The first-order chi connectivity index (χ1) is 16.0. The van der Waals surface area contributed by atoms with Crippen LogP contribution in [0.5, 0.6) is 0 Å². The van der Waals surface area contributed by atoms with Crippen LogP contribution in [0.3, 0.4) is 0 Å². The molecule has 0 bridgehead atoms. The standard InChI is InChI=1S/C27H29N3O3/c1-17-2-9-25(26(32)29-17)30-16-22-12-18(5-8-24(22)27(30)33)4-7-23(31)14-19-3-6-21-15-28-11-10-20(21)13-19/h3,5-6,8,12-13,25,28H,1-2,4,7,9-11,14-16H2,(H,29,32). The Morgan fingerprint density at radius 1 is 1.03 bits per heavy atom. The van der Waals surface area contributed by atoms with Gasteiger partial charge < -0.3 is 15.5 Å². The molecule has 0 spiro atoms. The average molecular weight is 444 g/mol. The number of fused-ring (bicyclic) bond motifs is 2. The third-order valence-electron chi connectivity index (χ3n) is 6.95. The molecule has 6 nitrogen and oxygen atoms in total. The molecule has 0 saturated carbocycles. The van der Waals surface area contributed by atoms with Gasteiger partial charge in [0.05, 0.1) is 0 Å². The lowest BCUT2D eigenvalue weighted by atomic mass is 9.95. The van der Waals surface area contributed by atoms with Crippen molar-refractivity contribution in [2.24, 2.45) is 0 Å². The summed E-state index contributed by atoms with van der Waals surface area (Å²) in [6.45, 7) is 6.14. The molecule has 6 heteroatoms. The first-order valence-corrected chi connectivity index (χ1v) is 11.7. The number of piperidine rings is 1. The van der Waals surface area contributed by atoms with E-state index in [4.69, 9.17) is 0 Å². The van der Waals surface area contributed by atoms with E-state index in [0.717, 1.165) is 36.2 Å². The minimum absolute atomic E-state index is 0.0945. The normalized spacial score (nSPS) is 19.8. The Kier molecular flexibility index (Phi) is 5.85. The van der Waals surface area contributed by atoms with Gasteiger partial charge in [0.25, 0.3) is 5.91 Å². The summed E-state index contributed by atoms with van der Waals surface area (Å²) in [7, 11) is 0. The fourth-order valence-electron chi connectivity index (χ4n) is 5.10. The number of allylic oxidation sites excluding steroid dienone is 1. The topological polar surface area (TPSA) is 78.5 Å². The van der Waals surface area contributed by atoms with E-state index in [-0.39, 0.29) is 17.6 Å². The molecule has 170 valence electrons. The number of hydrogen-bond donors (Lipinski definition) is 2. The predicted octanol–water partition coefficient (Wildman–Crippen LogP) is 2.82. The predicted molar refractivity (Wildman–Crippen MR) is 126 cm³/mol. The number of Topliss-reactive ketones (excluding diaryl/α,β-unsaturated/α-hetero) is 1. The largest absolute Gasteiger partial charge is 0.329 e. The molecule has 0 aromatic heterocycles. The summed E-state index contributed by atoms with van der Waals surface area (Å²) in [6.07, 6.45) is 3.89. The summed E-state index contributed by atoms with van der Waals surface area (Å²) in [5.41, 5.74) is 7.12. The lowest BCUT2D eigenvalue weighted by Gasteiger charge is -2.30. The summed E-state index contributed by atoms with van der Waals surface area (Å²) in [6, 6.07) is 11.7. The lowest BCUT2D eigenvalue weighted by Crippen LogP contribution is -2.49. The van der Waals surface area contributed by atoms with E-state index in [1.165, 1.54) is 11.1 Å². The van der Waals surface area contributed by atoms with Gasteiger partial charge in [0, 0.05) is 37.2 Å². The van der Waals surface area contributed by atoms with Gasteiger partial charge in [-0.2, -0.15) is 0 Å². The number of carbonyl (C=O) groups excluding carboxylic acids is 3. The van der Waals surface area contributed by atoms with Crippen LogP contribution in [0.4, 0.5) is 0 Å². The van der Waals surface area contributed by atoms with E-state index in [1.807, 2.05) is 18.2 Å². The fourth-order valence-corrected chi connectivity index (χ4v) is 5.10. The highest BCUT2D eigenvalue weighted by Crippen LogP contribution is 2.29. The Balaban J connectivity index is 1.19. The van der Waals surface area contributed by atoms with Crippen LogP contribution in [0, 0.1) is 0 Å². The van der Waals surface area contributed by atoms with Crippen LogP contribution >= 0.6 is 0 Å². The van der Waals surface area contributed by atoms with E-state index >= 15 is 0 Å². The van der Waals surface area contributed by atoms with Gasteiger partial charge >= 0.3 is 0 Å². The molecule has 3 aliphatic heterocycles. The maximum atomic E-state index is 12.9. The quantitative estimate of drug-likeness (QED) is 0.720. The molecular formula is C27H29N3O3. The lowest BCUT2D eigenvalue weighted by molar-refractivity contribution is -0.126. The number of nitrogens with one attached hydrogen (secondary N) is 2. The van der Waals surface area contributed by atoms with Gasteiger partial charge in [-0.3, -0.25) is 14.4 Å². The molecule has 2 N–H and O–H groups in total. The average Bonchev–Trinajstić information content (AvgIpc) is 3.13. The zero-order valence-corrected chi connectivity index (χ0v) is 18.8. The van der Waals surface area contributed by atoms with Gasteiger partial charge in [-0.1, -0.05) is 36.9 Å². The SMILES string of the molecule is C=C1CCC(N2Cc3cc(CCC(=O)Cc4ccc5c(c4)CCNC5)ccc3C2=O)C(=O)N1. The molecule has 0 radical (unpaired) electrons. The number of ketones is 1. The zero-order chi connectivity index (χ0) is 22.9. The maximum Gasteiger partial charge on any atom is 0.255 e. The summed E-state index contributed by atoms with van der Waals surface area (Å²) < 4.78 is 0. The van der Waals surface area contributed by atoms with Crippen molar-refractivity contribution in [1.29, 1.82) is 0 Å². The van der Waals surface area contributed by atoms with Crippen molar-refractivity contribution >= 4 is 17.6 Å². The van der Waals surface area contributed by atoms with Gasteiger partial charge in [0.15, 0.2) is 0 Å². The third kappa shape index (κ3) is 4.48. The summed E-state index contributed by atoms with van der Waals surface area (Å²) >= 11 is 0.